The summed E-state index contributed by atoms with van der Waals surface area (Å²) in [5.74, 6) is 2.84. The number of carbonyl (C=O) groups excluding carboxylic acids is 1. The summed E-state index contributed by atoms with van der Waals surface area (Å²) >= 11 is 0. The molecule has 0 unspecified atom stereocenters. The number of carbonyl (C=O) groups is 1. The Bertz CT molecular complexity index is 728. The lowest BCUT2D eigenvalue weighted by atomic mass is 9.97. The van der Waals surface area contributed by atoms with Crippen LogP contribution in [0.4, 0.5) is 0 Å². The van der Waals surface area contributed by atoms with Crippen molar-refractivity contribution < 1.29 is 9.21 Å². The zero-order valence-electron chi connectivity index (χ0n) is 17.7. The van der Waals surface area contributed by atoms with Crippen LogP contribution in [0.25, 0.3) is 0 Å². The van der Waals surface area contributed by atoms with E-state index in [-0.39, 0.29) is 11.8 Å². The topological polar surface area (TPSA) is 79.2 Å². The van der Waals surface area contributed by atoms with Gasteiger partial charge in [-0.2, -0.15) is 0 Å². The average molecular weight is 399 g/mol. The van der Waals surface area contributed by atoms with Crippen molar-refractivity contribution >= 4 is 5.91 Å². The second kappa shape index (κ2) is 11.1. The van der Waals surface area contributed by atoms with Gasteiger partial charge in [-0.1, -0.05) is 30.3 Å². The molecular formula is C23H34N4O2. The highest BCUT2D eigenvalue weighted by molar-refractivity contribution is 5.78. The number of nitrogens with one attached hydrogen (secondary N) is 3. The third kappa shape index (κ3) is 6.68. The van der Waals surface area contributed by atoms with E-state index in [0.717, 1.165) is 74.8 Å². The maximum absolute atomic E-state index is 11.8. The van der Waals surface area contributed by atoms with Crippen LogP contribution in [0.1, 0.15) is 54.5 Å². The second-order valence-electron chi connectivity index (χ2n) is 7.95. The minimum atomic E-state index is 0.199. The molecule has 2 aliphatic rings. The van der Waals surface area contributed by atoms with Crippen molar-refractivity contribution in [3.63, 3.8) is 0 Å². The van der Waals surface area contributed by atoms with Gasteiger partial charge in [0.1, 0.15) is 5.76 Å². The lowest BCUT2D eigenvalue weighted by Gasteiger charge is -2.21. The van der Waals surface area contributed by atoms with Crippen molar-refractivity contribution in [3.8, 4) is 0 Å². The smallest absolute Gasteiger partial charge is 0.223 e. The molecule has 2 aromatic rings. The summed E-state index contributed by atoms with van der Waals surface area (Å²) in [5, 5.41) is 9.60. The minimum Gasteiger partial charge on any atom is -0.445 e. The Morgan fingerprint density at radius 3 is 2.24 bits per heavy atom. The molecule has 1 amide bonds. The fraction of sp³-hybridized carbons (Fsp3) is 0.565. The maximum Gasteiger partial charge on any atom is 0.223 e. The van der Waals surface area contributed by atoms with Gasteiger partial charge >= 0.3 is 0 Å². The molecule has 1 aromatic heterocycles. The minimum absolute atomic E-state index is 0.199. The largest absolute Gasteiger partial charge is 0.445 e. The number of benzene rings is 1. The molecule has 29 heavy (non-hydrogen) atoms. The number of hydrogen-bond acceptors (Lipinski definition) is 5. The third-order valence-electron chi connectivity index (χ3n) is 5.75. The Kier molecular flexibility index (Phi) is 8.25. The first-order chi connectivity index (χ1) is 14.1. The zero-order valence-corrected chi connectivity index (χ0v) is 17.7. The first-order valence-electron chi connectivity index (χ1n) is 10.8. The Balaban J connectivity index is 0.000000169. The summed E-state index contributed by atoms with van der Waals surface area (Å²) in [6.07, 6.45) is 4.22. The first-order valence-corrected chi connectivity index (χ1v) is 10.8. The van der Waals surface area contributed by atoms with Crippen LogP contribution in [0.3, 0.4) is 0 Å². The second-order valence-corrected chi connectivity index (χ2v) is 7.95. The fourth-order valence-electron chi connectivity index (χ4n) is 3.75. The van der Waals surface area contributed by atoms with Crippen LogP contribution in [0.15, 0.2) is 34.7 Å². The van der Waals surface area contributed by atoms with Crippen LogP contribution in [-0.4, -0.2) is 37.1 Å². The summed E-state index contributed by atoms with van der Waals surface area (Å²) in [4.78, 5) is 16.3. The van der Waals surface area contributed by atoms with Gasteiger partial charge in [0, 0.05) is 18.4 Å². The Labute approximate surface area is 173 Å². The monoisotopic (exact) mass is 398 g/mol. The molecule has 3 N–H and O–H groups in total. The molecular weight excluding hydrogens is 364 g/mol. The van der Waals surface area contributed by atoms with Crippen LogP contribution in [-0.2, 0) is 11.3 Å². The van der Waals surface area contributed by atoms with E-state index in [1.807, 2.05) is 44.2 Å². The van der Waals surface area contributed by atoms with Gasteiger partial charge in [0.15, 0.2) is 5.89 Å². The predicted octanol–water partition coefficient (Wildman–Crippen LogP) is 3.06. The van der Waals surface area contributed by atoms with Crippen LogP contribution >= 0.6 is 0 Å². The van der Waals surface area contributed by atoms with Crippen LogP contribution in [0, 0.1) is 19.8 Å². The number of nitrogens with zero attached hydrogens (tertiary/aromatic N) is 1. The first kappa shape index (κ1) is 21.5. The van der Waals surface area contributed by atoms with Gasteiger partial charge in [-0.05, 0) is 71.3 Å². The van der Waals surface area contributed by atoms with Gasteiger partial charge < -0.3 is 20.4 Å². The van der Waals surface area contributed by atoms with Crippen molar-refractivity contribution in [2.24, 2.45) is 5.92 Å². The summed E-state index contributed by atoms with van der Waals surface area (Å²) < 4.78 is 5.61. The van der Waals surface area contributed by atoms with E-state index in [4.69, 9.17) is 4.42 Å². The summed E-state index contributed by atoms with van der Waals surface area (Å²) in [6, 6.07) is 10.0. The van der Waals surface area contributed by atoms with Gasteiger partial charge in [-0.25, -0.2) is 4.98 Å². The van der Waals surface area contributed by atoms with Gasteiger partial charge in [0.05, 0.1) is 5.69 Å². The molecule has 0 spiro atoms. The highest BCUT2D eigenvalue weighted by Crippen LogP contribution is 2.25. The molecule has 2 fully saturated rings. The van der Waals surface area contributed by atoms with E-state index in [9.17, 15) is 4.79 Å². The van der Waals surface area contributed by atoms with Gasteiger partial charge in [-0.15, -0.1) is 0 Å². The number of aromatic nitrogens is 1. The number of oxazole rings is 1. The quantitative estimate of drug-likeness (QED) is 0.738. The highest BCUT2D eigenvalue weighted by Gasteiger charge is 2.21. The lowest BCUT2D eigenvalue weighted by molar-refractivity contribution is -0.125. The van der Waals surface area contributed by atoms with Gasteiger partial charge in [0.25, 0.3) is 0 Å². The van der Waals surface area contributed by atoms with E-state index in [2.05, 4.69) is 20.9 Å². The molecule has 1 aromatic carbocycles. The molecule has 6 heteroatoms. The van der Waals surface area contributed by atoms with Crippen molar-refractivity contribution in [2.75, 3.05) is 26.2 Å². The molecule has 0 bridgehead atoms. The normalized spacial score (nSPS) is 18.0. The summed E-state index contributed by atoms with van der Waals surface area (Å²) in [5.41, 5.74) is 2.19. The van der Waals surface area contributed by atoms with E-state index < -0.39 is 0 Å². The van der Waals surface area contributed by atoms with Crippen molar-refractivity contribution in [3.05, 3.63) is 53.2 Å². The summed E-state index contributed by atoms with van der Waals surface area (Å²) in [6.45, 7) is 8.73. The molecule has 2 saturated heterocycles. The number of aryl methyl sites for hydroxylation is 2. The standard InChI is InChI=1S/C13H18N2O.C10H16N2O/c16-13(12-6-8-14-9-7-12)15-10-11-4-2-1-3-5-11;1-7-8(2)13-10(12-7)9-3-5-11-6-4-9/h1-5,12,14H,6-10H2,(H,15,16);9,11H,3-6H2,1-2H3. The number of hydrogen-bond donors (Lipinski definition) is 3. The zero-order chi connectivity index (χ0) is 20.5. The van der Waals surface area contributed by atoms with Gasteiger partial charge in [-0.3, -0.25) is 4.79 Å². The fourth-order valence-corrected chi connectivity index (χ4v) is 3.75. The van der Waals surface area contributed by atoms with Crippen molar-refractivity contribution in [1.82, 2.24) is 20.9 Å². The Hall–Kier alpha value is -2.18. The number of piperidine rings is 2. The molecule has 0 atom stereocenters. The number of amides is 1. The molecule has 6 nitrogen and oxygen atoms in total. The molecule has 0 radical (unpaired) electrons. The van der Waals surface area contributed by atoms with Crippen LogP contribution in [0.2, 0.25) is 0 Å². The third-order valence-corrected chi connectivity index (χ3v) is 5.75. The lowest BCUT2D eigenvalue weighted by Crippen LogP contribution is -2.37. The van der Waals surface area contributed by atoms with E-state index in [1.54, 1.807) is 0 Å². The SMILES string of the molecule is Cc1nc(C2CCNCC2)oc1C.O=C(NCc1ccccc1)C1CCNCC1. The average Bonchev–Trinajstić information content (AvgIpc) is 3.13. The number of rotatable bonds is 4. The van der Waals surface area contributed by atoms with E-state index in [1.165, 1.54) is 0 Å². The molecule has 158 valence electrons. The summed E-state index contributed by atoms with van der Waals surface area (Å²) in [7, 11) is 0. The highest BCUT2D eigenvalue weighted by atomic mass is 16.4. The molecule has 0 aliphatic carbocycles. The van der Waals surface area contributed by atoms with Crippen LogP contribution < -0.4 is 16.0 Å². The molecule has 3 heterocycles. The maximum atomic E-state index is 11.8. The Morgan fingerprint density at radius 2 is 1.66 bits per heavy atom. The van der Waals surface area contributed by atoms with E-state index in [0.29, 0.717) is 12.5 Å². The predicted molar refractivity (Wildman–Crippen MR) is 115 cm³/mol. The van der Waals surface area contributed by atoms with Crippen LogP contribution in [0.5, 0.6) is 0 Å². The Morgan fingerprint density at radius 1 is 1.03 bits per heavy atom. The van der Waals surface area contributed by atoms with E-state index >= 15 is 0 Å². The van der Waals surface area contributed by atoms with Crippen molar-refractivity contribution in [2.45, 2.75) is 52.0 Å². The molecule has 0 saturated carbocycles. The van der Waals surface area contributed by atoms with Crippen molar-refractivity contribution in [1.29, 1.82) is 0 Å². The molecule has 4 rings (SSSR count). The molecule has 2 aliphatic heterocycles. The van der Waals surface area contributed by atoms with Gasteiger partial charge in [0.2, 0.25) is 5.91 Å².